The van der Waals surface area contributed by atoms with Crippen LogP contribution in [0, 0.1) is 0 Å². The van der Waals surface area contributed by atoms with Crippen molar-refractivity contribution in [2.45, 2.75) is 25.8 Å². The maximum absolute atomic E-state index is 6.31. The molecule has 0 saturated heterocycles. The Morgan fingerprint density at radius 3 is 2.83 bits per heavy atom. The average Bonchev–Trinajstić information content (AvgIpc) is 2.67. The van der Waals surface area contributed by atoms with Crippen molar-refractivity contribution in [2.24, 2.45) is 12.8 Å². The third-order valence-electron chi connectivity index (χ3n) is 3.03. The number of halogens is 1. The van der Waals surface area contributed by atoms with Gasteiger partial charge in [0, 0.05) is 31.9 Å². The van der Waals surface area contributed by atoms with Crippen molar-refractivity contribution in [3.8, 4) is 0 Å². The molecular formula is C13H17ClN4. The normalized spacial score (nSPS) is 12.7. The zero-order valence-corrected chi connectivity index (χ0v) is 11.4. The quantitative estimate of drug-likeness (QED) is 0.922. The van der Waals surface area contributed by atoms with Crippen LogP contribution in [0.15, 0.2) is 24.5 Å². The van der Waals surface area contributed by atoms with Crippen LogP contribution in [0.5, 0.6) is 0 Å². The Hall–Kier alpha value is -1.39. The molecule has 0 spiro atoms. The van der Waals surface area contributed by atoms with Gasteiger partial charge in [0.05, 0.1) is 16.4 Å². The summed E-state index contributed by atoms with van der Waals surface area (Å²) in [6.07, 6.45) is 5.01. The molecule has 2 aromatic heterocycles. The lowest BCUT2D eigenvalue weighted by Gasteiger charge is -2.11. The molecule has 5 heteroatoms. The molecule has 0 aliphatic carbocycles. The molecule has 0 radical (unpaired) electrons. The van der Waals surface area contributed by atoms with Crippen molar-refractivity contribution in [3.05, 3.63) is 46.5 Å². The zero-order valence-electron chi connectivity index (χ0n) is 10.6. The van der Waals surface area contributed by atoms with Crippen molar-refractivity contribution in [1.29, 1.82) is 0 Å². The van der Waals surface area contributed by atoms with Gasteiger partial charge >= 0.3 is 0 Å². The van der Waals surface area contributed by atoms with E-state index in [1.807, 2.05) is 30.8 Å². The Kier molecular flexibility index (Phi) is 3.99. The summed E-state index contributed by atoms with van der Waals surface area (Å²) in [6, 6.07) is 3.75. The van der Waals surface area contributed by atoms with Gasteiger partial charge in [0.2, 0.25) is 0 Å². The van der Waals surface area contributed by atoms with Crippen LogP contribution in [-0.4, -0.2) is 14.8 Å². The van der Waals surface area contributed by atoms with Crippen molar-refractivity contribution in [3.63, 3.8) is 0 Å². The minimum absolute atomic E-state index is 0.115. The first-order valence-corrected chi connectivity index (χ1v) is 6.37. The standard InChI is InChI=1S/C13H17ClN4/c1-3-11-13(14)12(18(2)17-11)7-10(15)9-5-4-6-16-8-9/h4-6,8,10H,3,7,15H2,1-2H3. The van der Waals surface area contributed by atoms with E-state index in [1.54, 1.807) is 12.4 Å². The summed E-state index contributed by atoms with van der Waals surface area (Å²) in [5.41, 5.74) is 9.08. The van der Waals surface area contributed by atoms with Crippen LogP contribution in [0.4, 0.5) is 0 Å². The fourth-order valence-electron chi connectivity index (χ4n) is 1.96. The summed E-state index contributed by atoms with van der Waals surface area (Å²) >= 11 is 6.31. The average molecular weight is 265 g/mol. The molecule has 4 nitrogen and oxygen atoms in total. The second-order valence-corrected chi connectivity index (χ2v) is 4.66. The molecule has 2 heterocycles. The lowest BCUT2D eigenvalue weighted by molar-refractivity contribution is 0.637. The Balaban J connectivity index is 2.22. The lowest BCUT2D eigenvalue weighted by Crippen LogP contribution is -2.15. The van der Waals surface area contributed by atoms with Crippen LogP contribution in [0.1, 0.15) is 29.9 Å². The number of hydrogen-bond acceptors (Lipinski definition) is 3. The highest BCUT2D eigenvalue weighted by molar-refractivity contribution is 6.31. The molecule has 0 bridgehead atoms. The number of rotatable bonds is 4. The number of pyridine rings is 1. The van der Waals surface area contributed by atoms with Gasteiger partial charge in [0.15, 0.2) is 0 Å². The molecule has 18 heavy (non-hydrogen) atoms. The van der Waals surface area contributed by atoms with Gasteiger partial charge in [-0.2, -0.15) is 5.10 Å². The molecule has 0 aliphatic rings. The number of hydrogen-bond donors (Lipinski definition) is 1. The molecule has 1 unspecified atom stereocenters. The van der Waals surface area contributed by atoms with Crippen LogP contribution < -0.4 is 5.73 Å². The van der Waals surface area contributed by atoms with Crippen molar-refractivity contribution in [2.75, 3.05) is 0 Å². The SMILES string of the molecule is CCc1nn(C)c(CC(N)c2cccnc2)c1Cl. The van der Waals surface area contributed by atoms with Crippen molar-refractivity contribution >= 4 is 11.6 Å². The summed E-state index contributed by atoms with van der Waals surface area (Å²) in [6.45, 7) is 2.04. The number of aromatic nitrogens is 3. The van der Waals surface area contributed by atoms with Crippen LogP contribution in [0.25, 0.3) is 0 Å². The molecular weight excluding hydrogens is 248 g/mol. The number of aryl methyl sites for hydroxylation is 2. The summed E-state index contributed by atoms with van der Waals surface area (Å²) < 4.78 is 1.82. The van der Waals surface area contributed by atoms with Crippen LogP contribution in [0.2, 0.25) is 5.02 Å². The van der Waals surface area contributed by atoms with E-state index in [0.717, 1.165) is 28.4 Å². The van der Waals surface area contributed by atoms with Gasteiger partial charge in [0.25, 0.3) is 0 Å². The Morgan fingerprint density at radius 1 is 1.50 bits per heavy atom. The van der Waals surface area contributed by atoms with Gasteiger partial charge in [-0.15, -0.1) is 0 Å². The van der Waals surface area contributed by atoms with Gasteiger partial charge in [-0.05, 0) is 18.1 Å². The van der Waals surface area contributed by atoms with E-state index in [4.69, 9.17) is 17.3 Å². The van der Waals surface area contributed by atoms with Crippen LogP contribution >= 0.6 is 11.6 Å². The zero-order chi connectivity index (χ0) is 13.1. The summed E-state index contributed by atoms with van der Waals surface area (Å²) in [5, 5.41) is 5.12. The van der Waals surface area contributed by atoms with E-state index in [2.05, 4.69) is 10.1 Å². The number of nitrogens with zero attached hydrogens (tertiary/aromatic N) is 3. The fraction of sp³-hybridized carbons (Fsp3) is 0.385. The van der Waals surface area contributed by atoms with E-state index in [9.17, 15) is 0 Å². The van der Waals surface area contributed by atoms with Gasteiger partial charge in [-0.3, -0.25) is 9.67 Å². The highest BCUT2D eigenvalue weighted by atomic mass is 35.5. The first-order chi connectivity index (χ1) is 8.63. The molecule has 0 aliphatic heterocycles. The van der Waals surface area contributed by atoms with E-state index >= 15 is 0 Å². The summed E-state index contributed by atoms with van der Waals surface area (Å²) in [7, 11) is 1.90. The van der Waals surface area contributed by atoms with E-state index in [0.29, 0.717) is 6.42 Å². The molecule has 2 rings (SSSR count). The van der Waals surface area contributed by atoms with Crippen LogP contribution in [0.3, 0.4) is 0 Å². The minimum Gasteiger partial charge on any atom is -0.324 e. The van der Waals surface area contributed by atoms with Crippen molar-refractivity contribution in [1.82, 2.24) is 14.8 Å². The topological polar surface area (TPSA) is 56.7 Å². The molecule has 1 atom stereocenters. The second-order valence-electron chi connectivity index (χ2n) is 4.28. The molecule has 0 amide bonds. The Labute approximate surface area is 112 Å². The van der Waals surface area contributed by atoms with Crippen LogP contribution in [-0.2, 0) is 19.9 Å². The molecule has 96 valence electrons. The molecule has 2 N–H and O–H groups in total. The minimum atomic E-state index is -0.115. The van der Waals surface area contributed by atoms with E-state index in [-0.39, 0.29) is 6.04 Å². The summed E-state index contributed by atoms with van der Waals surface area (Å²) in [5.74, 6) is 0. The highest BCUT2D eigenvalue weighted by Gasteiger charge is 2.16. The molecule has 0 aromatic carbocycles. The second kappa shape index (κ2) is 5.50. The van der Waals surface area contributed by atoms with Gasteiger partial charge in [-0.1, -0.05) is 24.6 Å². The van der Waals surface area contributed by atoms with E-state index < -0.39 is 0 Å². The first-order valence-electron chi connectivity index (χ1n) is 5.99. The highest BCUT2D eigenvalue weighted by Crippen LogP contribution is 2.24. The first kappa shape index (κ1) is 13.1. The Bertz CT molecular complexity index is 521. The smallest absolute Gasteiger partial charge is 0.0850 e. The largest absolute Gasteiger partial charge is 0.324 e. The van der Waals surface area contributed by atoms with Gasteiger partial charge < -0.3 is 5.73 Å². The van der Waals surface area contributed by atoms with Gasteiger partial charge in [-0.25, -0.2) is 0 Å². The number of nitrogens with two attached hydrogens (primary N) is 1. The molecule has 0 fully saturated rings. The maximum atomic E-state index is 6.31. The van der Waals surface area contributed by atoms with Crippen molar-refractivity contribution < 1.29 is 0 Å². The fourth-order valence-corrected chi connectivity index (χ4v) is 2.33. The predicted octanol–water partition coefficient (Wildman–Crippen LogP) is 2.27. The lowest BCUT2D eigenvalue weighted by atomic mass is 10.0. The van der Waals surface area contributed by atoms with Gasteiger partial charge in [0.1, 0.15) is 0 Å². The molecule has 0 saturated carbocycles. The third-order valence-corrected chi connectivity index (χ3v) is 3.47. The maximum Gasteiger partial charge on any atom is 0.0850 e. The third kappa shape index (κ3) is 2.54. The summed E-state index contributed by atoms with van der Waals surface area (Å²) in [4.78, 5) is 4.08. The predicted molar refractivity (Wildman–Crippen MR) is 72.5 cm³/mol. The van der Waals surface area contributed by atoms with E-state index in [1.165, 1.54) is 0 Å². The molecule has 2 aromatic rings. The monoisotopic (exact) mass is 264 g/mol. The Morgan fingerprint density at radius 2 is 2.28 bits per heavy atom.